The molecule has 1 aliphatic carbocycles. The van der Waals surface area contributed by atoms with Crippen molar-refractivity contribution in [2.24, 2.45) is 0 Å². The molecule has 4 rings (SSSR count). The van der Waals surface area contributed by atoms with E-state index in [4.69, 9.17) is 16.3 Å². The largest absolute Gasteiger partial charge is 0.507 e. The first kappa shape index (κ1) is 19.8. The minimum Gasteiger partial charge on any atom is -0.507 e. The van der Waals surface area contributed by atoms with Crippen LogP contribution in [0.4, 0.5) is 5.69 Å². The van der Waals surface area contributed by atoms with E-state index in [1.54, 1.807) is 13.2 Å². The maximum Gasteiger partial charge on any atom is 0.123 e. The van der Waals surface area contributed by atoms with Gasteiger partial charge in [0, 0.05) is 52.6 Å². The van der Waals surface area contributed by atoms with Crippen LogP contribution < -0.4 is 15.4 Å². The molecule has 5 nitrogen and oxygen atoms in total. The van der Waals surface area contributed by atoms with Gasteiger partial charge in [-0.3, -0.25) is 4.98 Å². The highest BCUT2D eigenvalue weighted by Gasteiger charge is 2.21. The summed E-state index contributed by atoms with van der Waals surface area (Å²) >= 11 is 6.09. The van der Waals surface area contributed by atoms with Crippen molar-refractivity contribution < 1.29 is 9.84 Å². The van der Waals surface area contributed by atoms with Crippen molar-refractivity contribution in [2.75, 3.05) is 12.4 Å². The van der Waals surface area contributed by atoms with Gasteiger partial charge in [0.05, 0.1) is 12.6 Å². The molecule has 3 aromatic rings. The van der Waals surface area contributed by atoms with Crippen LogP contribution >= 0.6 is 11.6 Å². The fourth-order valence-corrected chi connectivity index (χ4v) is 4.15. The lowest BCUT2D eigenvalue weighted by Crippen LogP contribution is -2.36. The Morgan fingerprint density at radius 2 is 1.86 bits per heavy atom. The van der Waals surface area contributed by atoms with Gasteiger partial charge in [-0.2, -0.15) is 0 Å². The lowest BCUT2D eigenvalue weighted by Gasteiger charge is -2.30. The molecule has 0 bridgehead atoms. The molecule has 1 saturated carbocycles. The van der Waals surface area contributed by atoms with Crippen LogP contribution in [0.25, 0.3) is 10.9 Å². The van der Waals surface area contributed by atoms with Crippen molar-refractivity contribution >= 4 is 28.2 Å². The molecular weight excluding hydrogens is 386 g/mol. The van der Waals surface area contributed by atoms with E-state index in [9.17, 15) is 5.11 Å². The minimum absolute atomic E-state index is 0.275. The van der Waals surface area contributed by atoms with Crippen LogP contribution in [0.3, 0.4) is 0 Å². The molecule has 1 heterocycles. The number of phenols is 1. The molecular formula is C23H26ClN3O2. The van der Waals surface area contributed by atoms with E-state index >= 15 is 0 Å². The molecule has 0 radical (unpaired) electrons. The van der Waals surface area contributed by atoms with Crippen molar-refractivity contribution in [1.82, 2.24) is 10.3 Å². The first-order valence-electron chi connectivity index (χ1n) is 10.0. The zero-order valence-electron chi connectivity index (χ0n) is 16.5. The second kappa shape index (κ2) is 8.89. The van der Waals surface area contributed by atoms with Crippen LogP contribution in [0.5, 0.6) is 11.5 Å². The highest BCUT2D eigenvalue weighted by atomic mass is 35.5. The van der Waals surface area contributed by atoms with Crippen LogP contribution in [0, 0.1) is 0 Å². The number of hydrogen-bond acceptors (Lipinski definition) is 5. The van der Waals surface area contributed by atoms with E-state index in [0.717, 1.165) is 47.8 Å². The molecule has 0 spiro atoms. The second-order valence-corrected chi connectivity index (χ2v) is 8.02. The van der Waals surface area contributed by atoms with Crippen LogP contribution in [-0.2, 0) is 6.54 Å². The zero-order valence-corrected chi connectivity index (χ0v) is 17.2. The Kier molecular flexibility index (Phi) is 6.07. The van der Waals surface area contributed by atoms with Gasteiger partial charge in [-0.15, -0.1) is 0 Å². The SMILES string of the molecule is COc1ccc(CNC2CCC(Nc3ccnc4cc(Cl)ccc34)CC2)c(O)c1. The van der Waals surface area contributed by atoms with Crippen LogP contribution in [-0.4, -0.2) is 29.3 Å². The molecule has 1 fully saturated rings. The number of anilines is 1. The van der Waals surface area contributed by atoms with E-state index in [0.29, 0.717) is 29.4 Å². The smallest absolute Gasteiger partial charge is 0.123 e. The fourth-order valence-electron chi connectivity index (χ4n) is 3.98. The number of phenolic OH excluding ortho intramolecular Hbond substituents is 1. The first-order valence-corrected chi connectivity index (χ1v) is 10.4. The maximum atomic E-state index is 10.1. The average Bonchev–Trinajstić information content (AvgIpc) is 2.74. The molecule has 0 saturated heterocycles. The number of hydrogen-bond donors (Lipinski definition) is 3. The molecule has 0 unspecified atom stereocenters. The molecule has 1 aromatic heterocycles. The summed E-state index contributed by atoms with van der Waals surface area (Å²) in [5.41, 5.74) is 2.93. The summed E-state index contributed by atoms with van der Waals surface area (Å²) < 4.78 is 5.14. The molecule has 3 N–H and O–H groups in total. The summed E-state index contributed by atoms with van der Waals surface area (Å²) in [7, 11) is 1.60. The lowest BCUT2D eigenvalue weighted by molar-refractivity contribution is 0.350. The van der Waals surface area contributed by atoms with Crippen molar-refractivity contribution in [3.8, 4) is 11.5 Å². The van der Waals surface area contributed by atoms with Crippen LogP contribution in [0.15, 0.2) is 48.7 Å². The third-order valence-electron chi connectivity index (χ3n) is 5.67. The second-order valence-electron chi connectivity index (χ2n) is 7.59. The Labute approximate surface area is 176 Å². The molecule has 1 aliphatic rings. The summed E-state index contributed by atoms with van der Waals surface area (Å²) in [6.45, 7) is 0.661. The van der Waals surface area contributed by atoms with Crippen LogP contribution in [0.1, 0.15) is 31.2 Å². The average molecular weight is 412 g/mol. The Hall–Kier alpha value is -2.50. The van der Waals surface area contributed by atoms with Gasteiger partial charge in [-0.25, -0.2) is 0 Å². The Bertz CT molecular complexity index is 987. The van der Waals surface area contributed by atoms with Crippen molar-refractivity contribution in [2.45, 2.75) is 44.3 Å². The third kappa shape index (κ3) is 4.74. The summed E-state index contributed by atoms with van der Waals surface area (Å²) in [5.74, 6) is 0.945. The Morgan fingerprint density at radius 1 is 1.07 bits per heavy atom. The number of pyridine rings is 1. The van der Waals surface area contributed by atoms with E-state index in [2.05, 4.69) is 15.6 Å². The number of fused-ring (bicyclic) bond motifs is 1. The Balaban J connectivity index is 1.31. The summed E-state index contributed by atoms with van der Waals surface area (Å²) in [6.07, 6.45) is 6.23. The third-order valence-corrected chi connectivity index (χ3v) is 5.90. The number of rotatable bonds is 6. The van der Waals surface area contributed by atoms with Gasteiger partial charge >= 0.3 is 0 Å². The molecule has 29 heavy (non-hydrogen) atoms. The van der Waals surface area contributed by atoms with Gasteiger partial charge in [0.25, 0.3) is 0 Å². The number of methoxy groups -OCH3 is 1. The predicted molar refractivity (Wildman–Crippen MR) is 118 cm³/mol. The number of halogens is 1. The minimum atomic E-state index is 0.275. The number of ether oxygens (including phenoxy) is 1. The number of nitrogens with zero attached hydrogens (tertiary/aromatic N) is 1. The summed E-state index contributed by atoms with van der Waals surface area (Å²) in [5, 5.41) is 19.2. The highest BCUT2D eigenvalue weighted by molar-refractivity contribution is 6.31. The number of aromatic hydroxyl groups is 1. The topological polar surface area (TPSA) is 66.4 Å². The molecule has 6 heteroatoms. The maximum absolute atomic E-state index is 10.1. The molecule has 0 amide bonds. The number of nitrogens with one attached hydrogen (secondary N) is 2. The molecule has 0 aliphatic heterocycles. The van der Waals surface area contributed by atoms with Gasteiger partial charge in [0.15, 0.2) is 0 Å². The van der Waals surface area contributed by atoms with Gasteiger partial charge in [0.2, 0.25) is 0 Å². The first-order chi connectivity index (χ1) is 14.1. The summed E-state index contributed by atoms with van der Waals surface area (Å²) in [4.78, 5) is 4.42. The fraction of sp³-hybridized carbons (Fsp3) is 0.348. The van der Waals surface area contributed by atoms with E-state index in [1.165, 1.54) is 0 Å². The molecule has 0 atom stereocenters. The predicted octanol–water partition coefficient (Wildman–Crippen LogP) is 5.12. The molecule has 2 aromatic carbocycles. The standard InChI is InChI=1S/C23H26ClN3O2/c1-29-19-8-2-15(23(28)13-19)14-26-17-4-6-18(7-5-17)27-21-10-11-25-22-12-16(24)3-9-20(21)22/h2-3,8-13,17-18,26,28H,4-7,14H2,1H3,(H,25,27). The van der Waals surface area contributed by atoms with E-state index in [-0.39, 0.29) is 5.75 Å². The Morgan fingerprint density at radius 3 is 2.62 bits per heavy atom. The normalized spacial score (nSPS) is 19.2. The van der Waals surface area contributed by atoms with E-state index < -0.39 is 0 Å². The van der Waals surface area contributed by atoms with Gasteiger partial charge in [-0.1, -0.05) is 17.7 Å². The van der Waals surface area contributed by atoms with Gasteiger partial charge in [-0.05, 0) is 56.0 Å². The van der Waals surface area contributed by atoms with Crippen molar-refractivity contribution in [1.29, 1.82) is 0 Å². The van der Waals surface area contributed by atoms with Gasteiger partial charge in [0.1, 0.15) is 11.5 Å². The van der Waals surface area contributed by atoms with E-state index in [1.807, 2.05) is 42.6 Å². The van der Waals surface area contributed by atoms with Crippen molar-refractivity contribution in [3.63, 3.8) is 0 Å². The zero-order chi connectivity index (χ0) is 20.2. The van der Waals surface area contributed by atoms with Crippen molar-refractivity contribution in [3.05, 3.63) is 59.2 Å². The van der Waals surface area contributed by atoms with Crippen LogP contribution in [0.2, 0.25) is 5.02 Å². The summed E-state index contributed by atoms with van der Waals surface area (Å²) in [6, 6.07) is 14.2. The molecule has 152 valence electrons. The number of aromatic nitrogens is 1. The number of benzene rings is 2. The quantitative estimate of drug-likeness (QED) is 0.525. The lowest BCUT2D eigenvalue weighted by atomic mass is 9.90. The monoisotopic (exact) mass is 411 g/mol. The highest BCUT2D eigenvalue weighted by Crippen LogP contribution is 2.29. The van der Waals surface area contributed by atoms with Gasteiger partial charge < -0.3 is 20.5 Å².